The Kier molecular flexibility index (Phi) is 7.78. The minimum atomic E-state index is -1.10. The molecule has 1 aliphatic carbocycles. The van der Waals surface area contributed by atoms with Crippen molar-refractivity contribution in [3.05, 3.63) is 69.3 Å². The van der Waals surface area contributed by atoms with Crippen LogP contribution in [0, 0.1) is 19.3 Å². The van der Waals surface area contributed by atoms with Crippen LogP contribution in [0.1, 0.15) is 99.8 Å². The van der Waals surface area contributed by atoms with E-state index in [1.807, 2.05) is 30.9 Å². The monoisotopic (exact) mass is 586 g/mol. The number of carbonyl (C=O) groups excluding carboxylic acids is 2. The second-order valence-electron chi connectivity index (χ2n) is 12.8. The first-order valence-electron chi connectivity index (χ1n) is 15.2. The molecule has 0 saturated heterocycles. The maximum absolute atomic E-state index is 14.6. The third kappa shape index (κ3) is 4.85. The highest BCUT2D eigenvalue weighted by Crippen LogP contribution is 2.55. The standard InChI is InChI=1S/C35H42N2O6/c1-9-35(10-2)18-26-29(32(39)37(35)11-3)30(28-23(38)16-34(6,7)17-25(28)43-26)27-20(5)21(13-15-24(27)42-8)22-14-12-19(4)31(36-22)33(40)41/h12-15,30H,9-11,16-18H2,1-8H3,(H,40,41). The van der Waals surface area contributed by atoms with E-state index in [1.54, 1.807) is 26.2 Å². The SMILES string of the molecule is CCN1C(=O)C2=C(CC1(CC)CC)OC1=C(C(=O)CC(C)(C)C1)C2c1c(OC)ccc(-c2ccc(C)c(C(=O)O)n2)c1C. The molecule has 2 aromatic rings. The van der Waals surface area contributed by atoms with Crippen LogP contribution in [-0.4, -0.2) is 51.8 Å². The number of aromatic nitrogens is 1. The average molecular weight is 587 g/mol. The third-order valence-corrected chi connectivity index (χ3v) is 9.73. The predicted octanol–water partition coefficient (Wildman–Crippen LogP) is 6.89. The fourth-order valence-corrected chi connectivity index (χ4v) is 7.39. The average Bonchev–Trinajstić information content (AvgIpc) is 2.95. The highest BCUT2D eigenvalue weighted by molar-refractivity contribution is 6.06. The van der Waals surface area contributed by atoms with E-state index < -0.39 is 11.9 Å². The van der Waals surface area contributed by atoms with Gasteiger partial charge in [0, 0.05) is 48.0 Å². The van der Waals surface area contributed by atoms with Gasteiger partial charge in [0.1, 0.15) is 17.3 Å². The van der Waals surface area contributed by atoms with Gasteiger partial charge in [-0.2, -0.15) is 0 Å². The number of aromatic carboxylic acids is 1. The number of allylic oxidation sites excluding steroid dienone is 2. The Balaban J connectivity index is 1.81. The van der Waals surface area contributed by atoms with Crippen LogP contribution < -0.4 is 4.74 Å². The summed E-state index contributed by atoms with van der Waals surface area (Å²) in [5, 5.41) is 9.75. The van der Waals surface area contributed by atoms with Crippen molar-refractivity contribution in [3.8, 4) is 17.0 Å². The molecule has 3 heterocycles. The fourth-order valence-electron chi connectivity index (χ4n) is 7.39. The summed E-state index contributed by atoms with van der Waals surface area (Å²) in [5.41, 5.74) is 3.60. The Morgan fingerprint density at radius 3 is 2.30 bits per heavy atom. The minimum absolute atomic E-state index is 0.0171. The molecule has 1 aromatic carbocycles. The molecule has 0 bridgehead atoms. The van der Waals surface area contributed by atoms with E-state index in [1.165, 1.54) is 0 Å². The first kappa shape index (κ1) is 30.5. The van der Waals surface area contributed by atoms with E-state index in [9.17, 15) is 19.5 Å². The summed E-state index contributed by atoms with van der Waals surface area (Å²) in [4.78, 5) is 47.0. The molecule has 1 aromatic heterocycles. The van der Waals surface area contributed by atoms with Gasteiger partial charge >= 0.3 is 5.97 Å². The number of nitrogens with zero attached hydrogens (tertiary/aromatic N) is 2. The van der Waals surface area contributed by atoms with E-state index in [0.717, 1.165) is 18.4 Å². The number of carboxylic acids is 1. The summed E-state index contributed by atoms with van der Waals surface area (Å²) in [5.74, 6) is -0.106. The first-order chi connectivity index (χ1) is 20.3. The smallest absolute Gasteiger partial charge is 0.354 e. The van der Waals surface area contributed by atoms with Crippen LogP contribution in [0.2, 0.25) is 0 Å². The van der Waals surface area contributed by atoms with Crippen molar-refractivity contribution >= 4 is 17.7 Å². The summed E-state index contributed by atoms with van der Waals surface area (Å²) in [6.45, 7) is 14.5. The number of methoxy groups -OCH3 is 1. The number of carbonyl (C=O) groups is 3. The van der Waals surface area contributed by atoms with E-state index in [0.29, 0.717) is 76.6 Å². The lowest BCUT2D eigenvalue weighted by molar-refractivity contribution is -0.137. The topological polar surface area (TPSA) is 106 Å². The van der Waals surface area contributed by atoms with Crippen molar-refractivity contribution in [1.82, 2.24) is 9.88 Å². The molecule has 228 valence electrons. The van der Waals surface area contributed by atoms with Gasteiger partial charge in [-0.15, -0.1) is 0 Å². The highest BCUT2D eigenvalue weighted by atomic mass is 16.5. The Morgan fingerprint density at radius 2 is 1.70 bits per heavy atom. The normalized spacial score (nSPS) is 20.9. The highest BCUT2D eigenvalue weighted by Gasteiger charge is 2.52. The van der Waals surface area contributed by atoms with Crippen LogP contribution in [0.25, 0.3) is 11.3 Å². The zero-order valence-corrected chi connectivity index (χ0v) is 26.5. The quantitative estimate of drug-likeness (QED) is 0.376. The van der Waals surface area contributed by atoms with E-state index in [2.05, 4.69) is 32.7 Å². The van der Waals surface area contributed by atoms with Crippen LogP contribution in [0.5, 0.6) is 5.75 Å². The van der Waals surface area contributed by atoms with Crippen molar-refractivity contribution in [2.45, 2.75) is 92.0 Å². The first-order valence-corrected chi connectivity index (χ1v) is 15.2. The van der Waals surface area contributed by atoms with E-state index >= 15 is 0 Å². The minimum Gasteiger partial charge on any atom is -0.496 e. The van der Waals surface area contributed by atoms with Gasteiger partial charge in [0.15, 0.2) is 11.5 Å². The van der Waals surface area contributed by atoms with Crippen LogP contribution in [-0.2, 0) is 14.3 Å². The van der Waals surface area contributed by atoms with E-state index in [4.69, 9.17) is 9.47 Å². The molecular weight excluding hydrogens is 544 g/mol. The molecule has 0 radical (unpaired) electrons. The Hall–Kier alpha value is -3.94. The summed E-state index contributed by atoms with van der Waals surface area (Å²) < 4.78 is 12.6. The Bertz CT molecular complexity index is 1590. The van der Waals surface area contributed by atoms with Gasteiger partial charge in [0.2, 0.25) is 0 Å². The number of ether oxygens (including phenoxy) is 2. The number of benzene rings is 1. The van der Waals surface area contributed by atoms with Gasteiger partial charge in [0.25, 0.3) is 5.91 Å². The number of amides is 1. The molecule has 1 unspecified atom stereocenters. The second kappa shape index (κ2) is 11.0. The number of hydrogen-bond donors (Lipinski definition) is 1. The van der Waals surface area contributed by atoms with Crippen molar-refractivity contribution in [1.29, 1.82) is 0 Å². The number of likely N-dealkylation sites (N-methyl/N-ethyl adjacent to an activating group) is 1. The molecule has 2 aliphatic heterocycles. The van der Waals surface area contributed by atoms with Crippen molar-refractivity contribution in [3.63, 3.8) is 0 Å². The van der Waals surface area contributed by atoms with Gasteiger partial charge in [-0.05, 0) is 68.4 Å². The molecule has 8 nitrogen and oxygen atoms in total. The maximum Gasteiger partial charge on any atom is 0.354 e. The lowest BCUT2D eigenvalue weighted by Gasteiger charge is -2.50. The molecule has 0 fully saturated rings. The molecular formula is C35H42N2O6. The molecule has 0 spiro atoms. The number of rotatable bonds is 7. The molecule has 1 atom stereocenters. The molecule has 1 N–H and O–H groups in total. The second-order valence-corrected chi connectivity index (χ2v) is 12.8. The number of pyridine rings is 1. The zero-order chi connectivity index (χ0) is 31.4. The van der Waals surface area contributed by atoms with Crippen molar-refractivity contribution in [2.24, 2.45) is 5.41 Å². The molecule has 43 heavy (non-hydrogen) atoms. The number of ketones is 1. The zero-order valence-electron chi connectivity index (χ0n) is 26.5. The van der Waals surface area contributed by atoms with Crippen molar-refractivity contribution < 1.29 is 29.0 Å². The molecule has 0 saturated carbocycles. The Labute approximate surface area is 253 Å². The van der Waals surface area contributed by atoms with E-state index in [-0.39, 0.29) is 28.3 Å². The summed E-state index contributed by atoms with van der Waals surface area (Å²) in [6.07, 6.45) is 3.07. The van der Waals surface area contributed by atoms with Gasteiger partial charge in [-0.3, -0.25) is 9.59 Å². The number of hydrogen-bond acceptors (Lipinski definition) is 6. The Morgan fingerprint density at radius 1 is 1.02 bits per heavy atom. The van der Waals surface area contributed by atoms with Gasteiger partial charge in [-0.25, -0.2) is 9.78 Å². The summed E-state index contributed by atoms with van der Waals surface area (Å²) in [6, 6.07) is 7.23. The lowest BCUT2D eigenvalue weighted by atomic mass is 9.67. The van der Waals surface area contributed by atoms with Gasteiger partial charge in [-0.1, -0.05) is 33.8 Å². The molecule has 5 rings (SSSR count). The van der Waals surface area contributed by atoms with Gasteiger partial charge < -0.3 is 19.5 Å². The number of Topliss-reactive ketones (excluding diaryl/α,β-unsaturated/α-hetero) is 1. The summed E-state index contributed by atoms with van der Waals surface area (Å²) >= 11 is 0. The fraction of sp³-hybridized carbons (Fsp3) is 0.486. The third-order valence-electron chi connectivity index (χ3n) is 9.73. The van der Waals surface area contributed by atoms with Crippen LogP contribution >= 0.6 is 0 Å². The van der Waals surface area contributed by atoms with Crippen LogP contribution in [0.3, 0.4) is 0 Å². The van der Waals surface area contributed by atoms with Crippen LogP contribution in [0.15, 0.2) is 46.9 Å². The maximum atomic E-state index is 14.6. The molecule has 3 aliphatic rings. The van der Waals surface area contributed by atoms with Crippen molar-refractivity contribution in [2.75, 3.05) is 13.7 Å². The predicted molar refractivity (Wildman–Crippen MR) is 164 cm³/mol. The molecule has 8 heteroatoms. The van der Waals surface area contributed by atoms with Crippen LogP contribution in [0.4, 0.5) is 0 Å². The summed E-state index contributed by atoms with van der Waals surface area (Å²) in [7, 11) is 1.58. The molecule has 1 amide bonds. The largest absolute Gasteiger partial charge is 0.496 e. The lowest BCUT2D eigenvalue weighted by Crippen LogP contribution is -2.56. The number of carboxylic acid groups (broad SMARTS) is 1. The van der Waals surface area contributed by atoms with Gasteiger partial charge in [0.05, 0.1) is 24.3 Å². The number of aryl methyl sites for hydroxylation is 1.